The SMILES string of the molecule is CCCCC[C@H](O)/C=C/[C@H]1C(=O)C=C[C@@H]1C/C=C\CCCC(=O)OC[C@H](COP(=O)(O)OC[C@@H](O)COP(=O)(O)O)OC(=O)CCCCCCCCC(C)CC. The minimum absolute atomic E-state index is 0.00931. The van der Waals surface area contributed by atoms with Crippen LogP contribution in [0.3, 0.4) is 0 Å². The number of unbranched alkanes of at least 4 members (excludes halogenated alkanes) is 8. The van der Waals surface area contributed by atoms with Crippen LogP contribution in [0.2, 0.25) is 0 Å². The smallest absolute Gasteiger partial charge is 0.462 e. The van der Waals surface area contributed by atoms with E-state index in [0.717, 1.165) is 50.9 Å². The summed E-state index contributed by atoms with van der Waals surface area (Å²) in [7, 11) is -9.73. The minimum Gasteiger partial charge on any atom is -0.462 e. The fourth-order valence-electron chi connectivity index (χ4n) is 5.72. The molecule has 0 aromatic carbocycles. The molecular formula is C39H68O15P2. The zero-order chi connectivity index (χ0) is 41.8. The lowest BCUT2D eigenvalue weighted by Gasteiger charge is -2.20. The van der Waals surface area contributed by atoms with Gasteiger partial charge in [0, 0.05) is 18.8 Å². The number of hydrogen-bond donors (Lipinski definition) is 5. The predicted molar refractivity (Wildman–Crippen MR) is 211 cm³/mol. The van der Waals surface area contributed by atoms with E-state index in [0.29, 0.717) is 32.1 Å². The number of esters is 2. The lowest BCUT2D eigenvalue weighted by Crippen LogP contribution is -2.30. The van der Waals surface area contributed by atoms with Crippen LogP contribution in [0.25, 0.3) is 0 Å². The Balaban J connectivity index is 2.57. The summed E-state index contributed by atoms with van der Waals surface area (Å²) in [5.41, 5.74) is 0. The molecule has 0 radical (unpaired) electrons. The van der Waals surface area contributed by atoms with Crippen LogP contribution in [0, 0.1) is 17.8 Å². The summed E-state index contributed by atoms with van der Waals surface area (Å²) in [5, 5.41) is 19.9. The van der Waals surface area contributed by atoms with Gasteiger partial charge in [0.1, 0.15) is 12.7 Å². The molecule has 7 atom stereocenters. The molecule has 0 aliphatic heterocycles. The second-order valence-electron chi connectivity index (χ2n) is 14.5. The van der Waals surface area contributed by atoms with Crippen LogP contribution in [-0.4, -0.2) is 87.4 Å². The lowest BCUT2D eigenvalue weighted by molar-refractivity contribution is -0.161. The molecule has 0 amide bonds. The monoisotopic (exact) mass is 838 g/mol. The van der Waals surface area contributed by atoms with Gasteiger partial charge in [-0.3, -0.25) is 28.0 Å². The van der Waals surface area contributed by atoms with Crippen molar-refractivity contribution in [3.63, 3.8) is 0 Å². The number of rotatable bonds is 34. The number of ketones is 1. The number of phosphoric ester groups is 2. The summed E-state index contributed by atoms with van der Waals surface area (Å²) in [6.45, 7) is 3.64. The maximum Gasteiger partial charge on any atom is 0.472 e. The summed E-state index contributed by atoms with van der Waals surface area (Å²) in [4.78, 5) is 65.0. The zero-order valence-electron chi connectivity index (χ0n) is 33.5. The van der Waals surface area contributed by atoms with Crippen LogP contribution in [0.1, 0.15) is 130 Å². The first-order chi connectivity index (χ1) is 26.5. The maximum atomic E-state index is 12.6. The van der Waals surface area contributed by atoms with Crippen molar-refractivity contribution in [1.29, 1.82) is 0 Å². The fraction of sp³-hybridized carbons (Fsp3) is 0.769. The largest absolute Gasteiger partial charge is 0.472 e. The molecule has 0 aromatic rings. The topological polar surface area (TPSA) is 233 Å². The van der Waals surface area contributed by atoms with Crippen LogP contribution in [0.5, 0.6) is 0 Å². The first kappa shape index (κ1) is 52.0. The lowest BCUT2D eigenvalue weighted by atomic mass is 9.90. The van der Waals surface area contributed by atoms with E-state index in [4.69, 9.17) is 23.8 Å². The number of phosphoric acid groups is 2. The second-order valence-corrected chi connectivity index (χ2v) is 17.2. The zero-order valence-corrected chi connectivity index (χ0v) is 35.3. The molecule has 0 fully saturated rings. The van der Waals surface area contributed by atoms with E-state index in [-0.39, 0.29) is 30.5 Å². The first-order valence-corrected chi connectivity index (χ1v) is 23.2. The number of aliphatic hydroxyl groups is 2. The highest BCUT2D eigenvalue weighted by molar-refractivity contribution is 7.47. The minimum atomic E-state index is -4.88. The van der Waals surface area contributed by atoms with Gasteiger partial charge < -0.3 is 34.4 Å². The van der Waals surface area contributed by atoms with Crippen molar-refractivity contribution in [1.82, 2.24) is 0 Å². The van der Waals surface area contributed by atoms with E-state index in [9.17, 15) is 38.6 Å². The Hall–Kier alpha value is -2.03. The summed E-state index contributed by atoms with van der Waals surface area (Å²) in [6.07, 6.45) is 21.0. The molecule has 0 saturated carbocycles. The summed E-state index contributed by atoms with van der Waals surface area (Å²) >= 11 is 0. The molecule has 0 bridgehead atoms. The molecular weight excluding hydrogens is 770 g/mol. The van der Waals surface area contributed by atoms with Gasteiger partial charge in [-0.25, -0.2) is 9.13 Å². The van der Waals surface area contributed by atoms with Gasteiger partial charge >= 0.3 is 27.6 Å². The van der Waals surface area contributed by atoms with Crippen molar-refractivity contribution in [3.05, 3.63) is 36.5 Å². The van der Waals surface area contributed by atoms with Crippen LogP contribution in [0.15, 0.2) is 36.5 Å². The van der Waals surface area contributed by atoms with Gasteiger partial charge in [0.05, 0.1) is 25.9 Å². The van der Waals surface area contributed by atoms with E-state index in [1.54, 1.807) is 18.2 Å². The van der Waals surface area contributed by atoms with E-state index < -0.39 is 72.3 Å². The molecule has 0 spiro atoms. The molecule has 0 saturated heterocycles. The third kappa shape index (κ3) is 27.6. The predicted octanol–water partition coefficient (Wildman–Crippen LogP) is 7.20. The van der Waals surface area contributed by atoms with Gasteiger partial charge in [-0.2, -0.15) is 0 Å². The molecule has 1 rings (SSSR count). The number of carbonyl (C=O) groups is 3. The van der Waals surface area contributed by atoms with Gasteiger partial charge in [0.25, 0.3) is 0 Å². The highest BCUT2D eigenvalue weighted by Gasteiger charge is 2.29. The molecule has 324 valence electrons. The van der Waals surface area contributed by atoms with Gasteiger partial charge in [0.2, 0.25) is 0 Å². The number of ether oxygens (including phenoxy) is 2. The molecule has 0 aromatic heterocycles. The Labute approximate surface area is 333 Å². The molecule has 1 aliphatic rings. The van der Waals surface area contributed by atoms with Crippen LogP contribution >= 0.6 is 15.6 Å². The number of hydrogen-bond acceptors (Lipinski definition) is 12. The van der Waals surface area contributed by atoms with E-state index in [1.165, 1.54) is 19.3 Å². The number of allylic oxidation sites excluding steroid dienone is 5. The van der Waals surface area contributed by atoms with Crippen molar-refractivity contribution in [2.45, 2.75) is 148 Å². The average Bonchev–Trinajstić information content (AvgIpc) is 3.50. The first-order valence-electron chi connectivity index (χ1n) is 20.1. The third-order valence-electron chi connectivity index (χ3n) is 9.31. The van der Waals surface area contributed by atoms with Crippen molar-refractivity contribution >= 4 is 33.4 Å². The molecule has 5 N–H and O–H groups in total. The molecule has 17 heteroatoms. The fourth-order valence-corrected chi connectivity index (χ4v) is 6.88. The summed E-state index contributed by atoms with van der Waals surface area (Å²) < 4.78 is 47.6. The number of aliphatic hydroxyl groups excluding tert-OH is 2. The van der Waals surface area contributed by atoms with Crippen LogP contribution < -0.4 is 0 Å². The Morgan fingerprint density at radius 2 is 1.45 bits per heavy atom. The van der Waals surface area contributed by atoms with Gasteiger partial charge in [0.15, 0.2) is 11.9 Å². The maximum absolute atomic E-state index is 12.6. The highest BCUT2D eigenvalue weighted by Crippen LogP contribution is 2.44. The Kier molecular flexibility index (Phi) is 27.9. The van der Waals surface area contributed by atoms with Crippen molar-refractivity contribution < 1.29 is 71.5 Å². The van der Waals surface area contributed by atoms with E-state index in [2.05, 4.69) is 29.8 Å². The van der Waals surface area contributed by atoms with Crippen molar-refractivity contribution in [2.75, 3.05) is 26.4 Å². The Bertz CT molecular complexity index is 1300. The second kappa shape index (κ2) is 30.1. The van der Waals surface area contributed by atoms with Crippen molar-refractivity contribution in [2.24, 2.45) is 17.8 Å². The van der Waals surface area contributed by atoms with Gasteiger partial charge in [-0.05, 0) is 50.0 Å². The summed E-state index contributed by atoms with van der Waals surface area (Å²) in [5.74, 6) is -0.787. The Morgan fingerprint density at radius 1 is 0.804 bits per heavy atom. The van der Waals surface area contributed by atoms with Crippen LogP contribution in [0.4, 0.5) is 0 Å². The number of carbonyl (C=O) groups excluding carboxylic acids is 3. The normalized spacial score (nSPS) is 19.3. The van der Waals surface area contributed by atoms with Gasteiger partial charge in [-0.15, -0.1) is 0 Å². The third-order valence-corrected chi connectivity index (χ3v) is 10.7. The standard InChI is InChI=1S/C39H68O15P2/c1-4-6-13-20-33(40)24-25-36-32(23-26-37(36)42)19-15-11-12-16-21-38(43)50-29-35(30-53-56(48,49)52-28-34(41)27-51-55(45,46)47)54-39(44)22-17-10-8-7-9-14-18-31(3)5-2/h11,15,23-26,31-36,40-41H,4-10,12-14,16-22,27-30H2,1-3H3,(H,48,49)(H2,45,46,47)/b15-11-,25-24+/t31?,32-,33-,34-,35+,36+/m0/s1. The molecule has 0 heterocycles. The van der Waals surface area contributed by atoms with Gasteiger partial charge in [-0.1, -0.05) is 115 Å². The van der Waals surface area contributed by atoms with Crippen molar-refractivity contribution in [3.8, 4) is 0 Å². The van der Waals surface area contributed by atoms with Crippen LogP contribution in [-0.2, 0) is 46.6 Å². The molecule has 56 heavy (non-hydrogen) atoms. The molecule has 1 aliphatic carbocycles. The Morgan fingerprint density at radius 3 is 2.14 bits per heavy atom. The summed E-state index contributed by atoms with van der Waals surface area (Å²) in [6, 6.07) is 0. The molecule has 15 nitrogen and oxygen atoms in total. The average molecular weight is 839 g/mol. The highest BCUT2D eigenvalue weighted by atomic mass is 31.2. The molecule has 2 unspecified atom stereocenters. The quantitative estimate of drug-likeness (QED) is 0.0187. The van der Waals surface area contributed by atoms with E-state index in [1.807, 2.05) is 18.2 Å². The van der Waals surface area contributed by atoms with E-state index >= 15 is 0 Å².